The third-order valence-electron chi connectivity index (χ3n) is 8.74. The summed E-state index contributed by atoms with van der Waals surface area (Å²) < 4.78 is 40.3. The number of carbonyl (C=O) groups excluding carboxylic acids is 2. The normalized spacial score (nSPS) is 21.0. The zero-order valence-electron chi connectivity index (χ0n) is 23.6. The number of piperidine rings is 1. The van der Waals surface area contributed by atoms with Crippen molar-refractivity contribution in [2.45, 2.75) is 62.4 Å². The molecule has 2 fully saturated rings. The summed E-state index contributed by atoms with van der Waals surface area (Å²) in [4.78, 5) is 32.4. The second-order valence-corrected chi connectivity index (χ2v) is 11.7. The van der Waals surface area contributed by atoms with E-state index in [0.29, 0.717) is 38.3 Å². The maximum Gasteiger partial charge on any atom is 0.246 e. The fraction of sp³-hybridized carbons (Fsp3) is 0.438. The van der Waals surface area contributed by atoms with Crippen molar-refractivity contribution in [2.75, 3.05) is 27.2 Å². The first-order valence-corrected chi connectivity index (χ1v) is 14.3. The van der Waals surface area contributed by atoms with E-state index in [2.05, 4.69) is 34.7 Å². The quantitative estimate of drug-likeness (QED) is 0.283. The number of amides is 2. The van der Waals surface area contributed by atoms with Crippen LogP contribution in [0, 0.1) is 17.5 Å². The van der Waals surface area contributed by atoms with E-state index in [4.69, 9.17) is 0 Å². The predicted molar refractivity (Wildman–Crippen MR) is 154 cm³/mol. The van der Waals surface area contributed by atoms with E-state index < -0.39 is 23.0 Å². The molecule has 1 aliphatic carbocycles. The maximum absolute atomic E-state index is 13.5. The minimum absolute atomic E-state index is 0.0463. The number of benzene rings is 2. The van der Waals surface area contributed by atoms with Gasteiger partial charge in [0.25, 0.3) is 0 Å². The Morgan fingerprint density at radius 2 is 1.71 bits per heavy atom. The standard InChI is InChI=1S/C32H37F3N4O2/c1-38(2)30(41)19-32(37-23-10-8-22(9-11-23)25-20-36-28-6-4-3-5-24(25)28)13-15-39(16-14-32)29(40)12-7-21-17-26(33)31(35)27(34)18-21/h3-7,12,17-18,20,22-23,36-37H,8-11,13-16,19H2,1-2H3. The number of nitrogens with zero attached hydrogens (tertiary/aromatic N) is 2. The van der Waals surface area contributed by atoms with Gasteiger partial charge in [-0.25, -0.2) is 13.2 Å². The number of fused-ring (bicyclic) bond motifs is 1. The lowest BCUT2D eigenvalue weighted by atomic mass is 9.78. The molecule has 1 saturated carbocycles. The molecular formula is C32H37F3N4O2. The van der Waals surface area contributed by atoms with Crippen LogP contribution in [0.4, 0.5) is 13.2 Å². The third kappa shape index (κ3) is 6.50. The summed E-state index contributed by atoms with van der Waals surface area (Å²) in [5.41, 5.74) is 2.20. The van der Waals surface area contributed by atoms with Crippen molar-refractivity contribution in [1.29, 1.82) is 0 Å². The van der Waals surface area contributed by atoms with Gasteiger partial charge in [-0.15, -0.1) is 0 Å². The highest BCUT2D eigenvalue weighted by molar-refractivity contribution is 5.92. The van der Waals surface area contributed by atoms with Gasteiger partial charge in [0.2, 0.25) is 11.8 Å². The van der Waals surface area contributed by atoms with E-state index >= 15 is 0 Å². The first-order valence-electron chi connectivity index (χ1n) is 14.3. The van der Waals surface area contributed by atoms with Crippen LogP contribution in [0.1, 0.15) is 62.0 Å². The highest BCUT2D eigenvalue weighted by atomic mass is 19.2. The van der Waals surface area contributed by atoms with E-state index in [9.17, 15) is 22.8 Å². The zero-order chi connectivity index (χ0) is 29.1. The van der Waals surface area contributed by atoms with Crippen molar-refractivity contribution in [2.24, 2.45) is 0 Å². The van der Waals surface area contributed by atoms with Gasteiger partial charge in [0, 0.05) is 68.4 Å². The molecule has 2 aromatic carbocycles. The van der Waals surface area contributed by atoms with Crippen molar-refractivity contribution in [3.63, 3.8) is 0 Å². The van der Waals surface area contributed by atoms with Gasteiger partial charge < -0.3 is 20.1 Å². The topological polar surface area (TPSA) is 68.4 Å². The van der Waals surface area contributed by atoms with E-state index in [0.717, 1.165) is 43.3 Å². The van der Waals surface area contributed by atoms with Crippen LogP contribution in [-0.4, -0.2) is 65.4 Å². The first kappa shape index (κ1) is 28.9. The highest BCUT2D eigenvalue weighted by Gasteiger charge is 2.40. The maximum atomic E-state index is 13.5. The average molecular weight is 567 g/mol. The van der Waals surface area contributed by atoms with E-state index in [1.807, 2.05) is 6.07 Å². The number of H-pyrrole nitrogens is 1. The van der Waals surface area contributed by atoms with Gasteiger partial charge in [-0.3, -0.25) is 9.59 Å². The van der Waals surface area contributed by atoms with Crippen molar-refractivity contribution in [3.05, 3.63) is 77.2 Å². The van der Waals surface area contributed by atoms with E-state index in [1.165, 1.54) is 23.1 Å². The number of aromatic amines is 1. The van der Waals surface area contributed by atoms with Gasteiger partial charge in [-0.05, 0) is 79.8 Å². The Hall–Kier alpha value is -3.59. The molecule has 41 heavy (non-hydrogen) atoms. The van der Waals surface area contributed by atoms with Crippen molar-refractivity contribution in [1.82, 2.24) is 20.1 Å². The van der Waals surface area contributed by atoms with Crippen molar-refractivity contribution >= 4 is 28.8 Å². The Bertz CT molecular complexity index is 1410. The molecule has 2 amide bonds. The molecule has 2 aliphatic rings. The second kappa shape index (κ2) is 12.1. The van der Waals surface area contributed by atoms with Gasteiger partial charge in [-0.2, -0.15) is 0 Å². The molecule has 0 atom stereocenters. The molecule has 0 unspecified atom stereocenters. The molecule has 1 aliphatic heterocycles. The van der Waals surface area contributed by atoms with Crippen LogP contribution in [0.5, 0.6) is 0 Å². The van der Waals surface area contributed by atoms with Crippen LogP contribution >= 0.6 is 0 Å². The summed E-state index contributed by atoms with van der Waals surface area (Å²) in [6.45, 7) is 0.904. The fourth-order valence-corrected chi connectivity index (χ4v) is 6.33. The van der Waals surface area contributed by atoms with Crippen LogP contribution < -0.4 is 5.32 Å². The highest BCUT2D eigenvalue weighted by Crippen LogP contribution is 2.38. The summed E-state index contributed by atoms with van der Waals surface area (Å²) in [5, 5.41) is 5.15. The molecule has 1 aromatic heterocycles. The largest absolute Gasteiger partial charge is 0.361 e. The molecule has 0 bridgehead atoms. The Balaban J connectivity index is 1.21. The number of hydrogen-bond donors (Lipinski definition) is 2. The molecule has 6 nitrogen and oxygen atoms in total. The minimum Gasteiger partial charge on any atom is -0.361 e. The summed E-state index contributed by atoms with van der Waals surface area (Å²) in [6.07, 6.45) is 10.4. The molecule has 1 saturated heterocycles. The number of likely N-dealkylation sites (tertiary alicyclic amines) is 1. The average Bonchev–Trinajstić information content (AvgIpc) is 3.39. The molecule has 5 rings (SSSR count). The summed E-state index contributed by atoms with van der Waals surface area (Å²) in [7, 11) is 3.51. The van der Waals surface area contributed by atoms with Gasteiger partial charge >= 0.3 is 0 Å². The van der Waals surface area contributed by atoms with Gasteiger partial charge in [0.05, 0.1) is 0 Å². The van der Waals surface area contributed by atoms with Crippen LogP contribution in [-0.2, 0) is 9.59 Å². The number of nitrogens with one attached hydrogen (secondary N) is 2. The summed E-state index contributed by atoms with van der Waals surface area (Å²) in [5.74, 6) is -3.88. The monoisotopic (exact) mass is 566 g/mol. The molecule has 3 aromatic rings. The fourth-order valence-electron chi connectivity index (χ4n) is 6.33. The molecule has 2 N–H and O–H groups in total. The number of para-hydroxylation sites is 1. The van der Waals surface area contributed by atoms with E-state index in [-0.39, 0.29) is 23.4 Å². The lowest BCUT2D eigenvalue weighted by Crippen LogP contribution is -2.59. The smallest absolute Gasteiger partial charge is 0.246 e. The van der Waals surface area contributed by atoms with Gasteiger partial charge in [0.1, 0.15) is 0 Å². The SMILES string of the molecule is CN(C)C(=O)CC1(NC2CCC(c3c[nH]c4ccccc34)CC2)CCN(C(=O)C=Cc2cc(F)c(F)c(F)c2)CC1. The molecule has 0 radical (unpaired) electrons. The number of halogens is 3. The lowest BCUT2D eigenvalue weighted by Gasteiger charge is -2.45. The number of aromatic nitrogens is 1. The Kier molecular flexibility index (Phi) is 8.54. The van der Waals surface area contributed by atoms with Gasteiger partial charge in [-0.1, -0.05) is 18.2 Å². The van der Waals surface area contributed by atoms with E-state index in [1.54, 1.807) is 23.9 Å². The molecule has 9 heteroatoms. The van der Waals surface area contributed by atoms with Crippen LogP contribution in [0.2, 0.25) is 0 Å². The second-order valence-electron chi connectivity index (χ2n) is 11.7. The van der Waals surface area contributed by atoms with Crippen LogP contribution in [0.25, 0.3) is 17.0 Å². The zero-order valence-corrected chi connectivity index (χ0v) is 23.6. The van der Waals surface area contributed by atoms with Gasteiger partial charge in [0.15, 0.2) is 17.5 Å². The minimum atomic E-state index is -1.54. The summed E-state index contributed by atoms with van der Waals surface area (Å²) in [6, 6.07) is 10.4. The molecular weight excluding hydrogens is 529 g/mol. The van der Waals surface area contributed by atoms with Crippen LogP contribution in [0.15, 0.2) is 48.7 Å². The summed E-state index contributed by atoms with van der Waals surface area (Å²) >= 11 is 0. The predicted octanol–water partition coefficient (Wildman–Crippen LogP) is 5.75. The number of rotatable bonds is 7. The molecule has 218 valence electrons. The van der Waals surface area contributed by atoms with Crippen molar-refractivity contribution in [3.8, 4) is 0 Å². The Morgan fingerprint density at radius 1 is 1.05 bits per heavy atom. The number of carbonyl (C=O) groups is 2. The Morgan fingerprint density at radius 3 is 2.37 bits per heavy atom. The molecule has 0 spiro atoms. The third-order valence-corrected chi connectivity index (χ3v) is 8.74. The lowest BCUT2D eigenvalue weighted by molar-refractivity contribution is -0.132. The molecule has 2 heterocycles. The van der Waals surface area contributed by atoms with Crippen LogP contribution in [0.3, 0.4) is 0 Å². The Labute approximate surface area is 238 Å². The first-order chi connectivity index (χ1) is 19.6. The number of hydrogen-bond acceptors (Lipinski definition) is 3. The van der Waals surface area contributed by atoms with Crippen molar-refractivity contribution < 1.29 is 22.8 Å².